The van der Waals surface area contributed by atoms with Crippen LogP contribution in [0.4, 0.5) is 0 Å². The predicted molar refractivity (Wildman–Crippen MR) is 54.8 cm³/mol. The summed E-state index contributed by atoms with van der Waals surface area (Å²) in [5.41, 5.74) is 1.43. The summed E-state index contributed by atoms with van der Waals surface area (Å²) < 4.78 is 5.43. The zero-order valence-electron chi connectivity index (χ0n) is 8.78. The molecule has 0 unspecified atom stereocenters. The van der Waals surface area contributed by atoms with Gasteiger partial charge in [0.1, 0.15) is 5.75 Å². The van der Waals surface area contributed by atoms with E-state index in [1.807, 2.05) is 20.8 Å². The Bertz CT molecular complexity index is 321. The van der Waals surface area contributed by atoms with Crippen LogP contribution in [-0.2, 0) is 6.42 Å². The van der Waals surface area contributed by atoms with E-state index in [4.69, 9.17) is 4.74 Å². The van der Waals surface area contributed by atoms with E-state index in [2.05, 4.69) is 4.98 Å². The van der Waals surface area contributed by atoms with Crippen LogP contribution in [0.15, 0.2) is 12.3 Å². The molecule has 1 aromatic rings. The number of hydrogen-bond acceptors (Lipinski definition) is 3. The van der Waals surface area contributed by atoms with Gasteiger partial charge in [0, 0.05) is 5.56 Å². The summed E-state index contributed by atoms with van der Waals surface area (Å²) >= 11 is 0. The SMILES string of the molecule is CCc1ncc(OC(C)C)cc1C=O. The highest BCUT2D eigenvalue weighted by Gasteiger charge is 2.04. The van der Waals surface area contributed by atoms with E-state index in [0.29, 0.717) is 11.3 Å². The van der Waals surface area contributed by atoms with E-state index < -0.39 is 0 Å². The zero-order valence-corrected chi connectivity index (χ0v) is 8.78. The van der Waals surface area contributed by atoms with E-state index >= 15 is 0 Å². The largest absolute Gasteiger partial charge is 0.489 e. The fourth-order valence-electron chi connectivity index (χ4n) is 1.22. The van der Waals surface area contributed by atoms with E-state index in [1.54, 1.807) is 12.3 Å². The van der Waals surface area contributed by atoms with Gasteiger partial charge in [-0.05, 0) is 26.3 Å². The van der Waals surface area contributed by atoms with Gasteiger partial charge in [-0.25, -0.2) is 0 Å². The first-order valence-corrected chi connectivity index (χ1v) is 4.78. The maximum atomic E-state index is 10.7. The van der Waals surface area contributed by atoms with Gasteiger partial charge in [-0.2, -0.15) is 0 Å². The number of carbonyl (C=O) groups is 1. The molecule has 1 aromatic heterocycles. The number of carbonyl (C=O) groups excluding carboxylic acids is 1. The molecule has 0 saturated carbocycles. The molecular formula is C11H15NO2. The fraction of sp³-hybridized carbons (Fsp3) is 0.455. The molecule has 0 aromatic carbocycles. The Labute approximate surface area is 84.1 Å². The van der Waals surface area contributed by atoms with Gasteiger partial charge in [0.05, 0.1) is 18.0 Å². The summed E-state index contributed by atoms with van der Waals surface area (Å²) in [7, 11) is 0. The van der Waals surface area contributed by atoms with Crippen molar-refractivity contribution in [2.24, 2.45) is 0 Å². The van der Waals surface area contributed by atoms with Gasteiger partial charge in [0.15, 0.2) is 6.29 Å². The molecule has 3 nitrogen and oxygen atoms in total. The quantitative estimate of drug-likeness (QED) is 0.688. The molecule has 1 rings (SSSR count). The number of ether oxygens (including phenoxy) is 1. The molecule has 0 N–H and O–H groups in total. The molecule has 0 aliphatic rings. The van der Waals surface area contributed by atoms with Crippen LogP contribution in [0.2, 0.25) is 0 Å². The molecular weight excluding hydrogens is 178 g/mol. The monoisotopic (exact) mass is 193 g/mol. The van der Waals surface area contributed by atoms with Gasteiger partial charge in [-0.3, -0.25) is 9.78 Å². The highest BCUT2D eigenvalue weighted by Crippen LogP contribution is 2.15. The second kappa shape index (κ2) is 4.74. The van der Waals surface area contributed by atoms with Crippen molar-refractivity contribution in [3.05, 3.63) is 23.5 Å². The molecule has 3 heteroatoms. The minimum atomic E-state index is 0.101. The highest BCUT2D eigenvalue weighted by atomic mass is 16.5. The average Bonchev–Trinajstić information content (AvgIpc) is 2.16. The van der Waals surface area contributed by atoms with Crippen molar-refractivity contribution in [1.82, 2.24) is 4.98 Å². The number of pyridine rings is 1. The van der Waals surface area contributed by atoms with Crippen LogP contribution < -0.4 is 4.74 Å². The van der Waals surface area contributed by atoms with Crippen molar-refractivity contribution in [1.29, 1.82) is 0 Å². The van der Waals surface area contributed by atoms with Crippen molar-refractivity contribution in [3.63, 3.8) is 0 Å². The Hall–Kier alpha value is -1.38. The van der Waals surface area contributed by atoms with E-state index in [-0.39, 0.29) is 6.10 Å². The molecule has 76 valence electrons. The number of rotatable bonds is 4. The van der Waals surface area contributed by atoms with Crippen molar-refractivity contribution in [2.75, 3.05) is 0 Å². The van der Waals surface area contributed by atoms with Gasteiger partial charge < -0.3 is 4.74 Å². The molecule has 0 bridgehead atoms. The first kappa shape index (κ1) is 10.7. The first-order chi connectivity index (χ1) is 6.67. The predicted octanol–water partition coefficient (Wildman–Crippen LogP) is 2.24. The van der Waals surface area contributed by atoms with Crippen molar-refractivity contribution in [3.8, 4) is 5.75 Å². The van der Waals surface area contributed by atoms with E-state index in [0.717, 1.165) is 18.4 Å². The van der Waals surface area contributed by atoms with Gasteiger partial charge in [0.2, 0.25) is 0 Å². The molecule has 1 heterocycles. The Balaban J connectivity index is 2.95. The van der Waals surface area contributed by atoms with Crippen LogP contribution in [-0.4, -0.2) is 17.4 Å². The minimum absolute atomic E-state index is 0.101. The van der Waals surface area contributed by atoms with Crippen LogP contribution >= 0.6 is 0 Å². The third-order valence-electron chi connectivity index (χ3n) is 1.81. The molecule has 0 spiro atoms. The van der Waals surface area contributed by atoms with E-state index in [1.165, 1.54) is 0 Å². The van der Waals surface area contributed by atoms with Gasteiger partial charge >= 0.3 is 0 Å². The topological polar surface area (TPSA) is 39.2 Å². The lowest BCUT2D eigenvalue weighted by atomic mass is 10.2. The summed E-state index contributed by atoms with van der Waals surface area (Å²) in [6.45, 7) is 5.85. The number of aldehydes is 1. The normalized spacial score (nSPS) is 10.3. The van der Waals surface area contributed by atoms with Crippen LogP contribution in [0.5, 0.6) is 5.75 Å². The van der Waals surface area contributed by atoms with Gasteiger partial charge in [-0.1, -0.05) is 6.92 Å². The molecule has 0 atom stereocenters. The third kappa shape index (κ3) is 2.55. The second-order valence-electron chi connectivity index (χ2n) is 3.34. The summed E-state index contributed by atoms with van der Waals surface area (Å²) in [5.74, 6) is 0.652. The molecule has 14 heavy (non-hydrogen) atoms. The minimum Gasteiger partial charge on any atom is -0.489 e. The van der Waals surface area contributed by atoms with Crippen molar-refractivity contribution in [2.45, 2.75) is 33.3 Å². The molecule has 0 amide bonds. The maximum Gasteiger partial charge on any atom is 0.152 e. The summed E-state index contributed by atoms with van der Waals surface area (Å²) in [6, 6.07) is 1.73. The standard InChI is InChI=1S/C11H15NO2/c1-4-11-9(7-13)5-10(6-12-11)14-8(2)3/h5-8H,4H2,1-3H3. The Morgan fingerprint density at radius 2 is 2.29 bits per heavy atom. The second-order valence-corrected chi connectivity index (χ2v) is 3.34. The summed E-state index contributed by atoms with van der Waals surface area (Å²) in [5, 5.41) is 0. The van der Waals surface area contributed by atoms with Crippen molar-refractivity contribution < 1.29 is 9.53 Å². The highest BCUT2D eigenvalue weighted by molar-refractivity contribution is 5.77. The molecule has 0 fully saturated rings. The lowest BCUT2D eigenvalue weighted by molar-refractivity contribution is 0.112. The van der Waals surface area contributed by atoms with Gasteiger partial charge in [0.25, 0.3) is 0 Å². The number of aryl methyl sites for hydroxylation is 1. The lowest BCUT2D eigenvalue weighted by Gasteiger charge is -2.10. The smallest absolute Gasteiger partial charge is 0.152 e. The Morgan fingerprint density at radius 1 is 1.57 bits per heavy atom. The van der Waals surface area contributed by atoms with Crippen LogP contribution in [0, 0.1) is 0 Å². The Kier molecular flexibility index (Phi) is 3.63. The molecule has 0 radical (unpaired) electrons. The third-order valence-corrected chi connectivity index (χ3v) is 1.81. The first-order valence-electron chi connectivity index (χ1n) is 4.78. The average molecular weight is 193 g/mol. The summed E-state index contributed by atoms with van der Waals surface area (Å²) in [6.07, 6.45) is 3.34. The molecule has 0 aliphatic heterocycles. The number of aromatic nitrogens is 1. The fourth-order valence-corrected chi connectivity index (χ4v) is 1.22. The number of hydrogen-bond donors (Lipinski definition) is 0. The zero-order chi connectivity index (χ0) is 10.6. The van der Waals surface area contributed by atoms with Crippen LogP contribution in [0.3, 0.4) is 0 Å². The molecule has 0 saturated heterocycles. The molecule has 0 aliphatic carbocycles. The Morgan fingerprint density at radius 3 is 2.79 bits per heavy atom. The number of nitrogens with zero attached hydrogens (tertiary/aromatic N) is 1. The van der Waals surface area contributed by atoms with Crippen molar-refractivity contribution >= 4 is 6.29 Å². The van der Waals surface area contributed by atoms with E-state index in [9.17, 15) is 4.79 Å². The van der Waals surface area contributed by atoms with Gasteiger partial charge in [-0.15, -0.1) is 0 Å². The summed E-state index contributed by atoms with van der Waals surface area (Å²) in [4.78, 5) is 14.9. The maximum absolute atomic E-state index is 10.7. The van der Waals surface area contributed by atoms with Crippen LogP contribution in [0.25, 0.3) is 0 Å². The van der Waals surface area contributed by atoms with Crippen LogP contribution in [0.1, 0.15) is 36.8 Å². The lowest BCUT2D eigenvalue weighted by Crippen LogP contribution is -2.07.